The van der Waals surface area contributed by atoms with Crippen LogP contribution in [0, 0.1) is 0 Å². The predicted octanol–water partition coefficient (Wildman–Crippen LogP) is -0.690. The van der Waals surface area contributed by atoms with Crippen molar-refractivity contribution in [3.05, 3.63) is 0 Å². The monoisotopic (exact) mass is 177 g/mol. The van der Waals surface area contributed by atoms with E-state index in [2.05, 4.69) is 5.32 Å². The van der Waals surface area contributed by atoms with Crippen molar-refractivity contribution >= 4 is 15.7 Å². The number of carbonyl (C=O) groups excluding carboxylic acids is 1. The molecule has 0 saturated carbocycles. The van der Waals surface area contributed by atoms with Gasteiger partial charge in [-0.2, -0.15) is 0 Å². The predicted molar refractivity (Wildman–Crippen MR) is 40.9 cm³/mol. The average molecular weight is 177 g/mol. The first-order chi connectivity index (χ1) is 4.99. The SMILES string of the molecule is CC(=O)NC1CCS(=O)(=O)C1. The molecule has 1 rings (SSSR count). The molecule has 1 unspecified atom stereocenters. The van der Waals surface area contributed by atoms with Crippen LogP contribution in [-0.4, -0.2) is 31.9 Å². The lowest BCUT2D eigenvalue weighted by molar-refractivity contribution is -0.119. The van der Waals surface area contributed by atoms with Gasteiger partial charge in [-0.25, -0.2) is 8.42 Å². The highest BCUT2D eigenvalue weighted by Crippen LogP contribution is 2.10. The van der Waals surface area contributed by atoms with Gasteiger partial charge >= 0.3 is 0 Å². The van der Waals surface area contributed by atoms with E-state index >= 15 is 0 Å². The standard InChI is InChI=1S/C6H11NO3S/c1-5(8)7-6-2-3-11(9,10)4-6/h6H,2-4H2,1H3,(H,7,8). The van der Waals surface area contributed by atoms with Crippen molar-refractivity contribution in [1.82, 2.24) is 5.32 Å². The van der Waals surface area contributed by atoms with Crippen LogP contribution in [0.2, 0.25) is 0 Å². The molecule has 0 spiro atoms. The summed E-state index contributed by atoms with van der Waals surface area (Å²) in [7, 11) is -2.86. The number of sulfone groups is 1. The van der Waals surface area contributed by atoms with E-state index in [0.717, 1.165) is 0 Å². The third-order valence-electron chi connectivity index (χ3n) is 1.64. The van der Waals surface area contributed by atoms with E-state index in [4.69, 9.17) is 0 Å². The summed E-state index contributed by atoms with van der Waals surface area (Å²) in [6.45, 7) is 1.39. The van der Waals surface area contributed by atoms with Gasteiger partial charge < -0.3 is 5.32 Å². The second kappa shape index (κ2) is 2.81. The molecule has 0 aromatic rings. The molecule has 11 heavy (non-hydrogen) atoms. The molecule has 0 aromatic heterocycles. The van der Waals surface area contributed by atoms with Crippen molar-refractivity contribution in [2.24, 2.45) is 0 Å². The van der Waals surface area contributed by atoms with Crippen LogP contribution in [-0.2, 0) is 14.6 Å². The Kier molecular flexibility index (Phi) is 2.17. The second-order valence-electron chi connectivity index (χ2n) is 2.80. The van der Waals surface area contributed by atoms with E-state index in [1.165, 1.54) is 6.92 Å². The van der Waals surface area contributed by atoms with Gasteiger partial charge in [0.2, 0.25) is 5.91 Å². The fourth-order valence-electron chi connectivity index (χ4n) is 1.20. The minimum Gasteiger partial charge on any atom is -0.353 e. The lowest BCUT2D eigenvalue weighted by Gasteiger charge is -2.06. The van der Waals surface area contributed by atoms with Crippen LogP contribution in [0.15, 0.2) is 0 Å². The normalized spacial score (nSPS) is 28.3. The first kappa shape index (κ1) is 8.52. The van der Waals surface area contributed by atoms with Crippen LogP contribution < -0.4 is 5.32 Å². The maximum Gasteiger partial charge on any atom is 0.217 e. The maximum atomic E-state index is 10.9. The van der Waals surface area contributed by atoms with Gasteiger partial charge in [0.05, 0.1) is 11.5 Å². The zero-order valence-corrected chi connectivity index (χ0v) is 7.15. The third-order valence-corrected chi connectivity index (χ3v) is 3.41. The summed E-state index contributed by atoms with van der Waals surface area (Å²) >= 11 is 0. The van der Waals surface area contributed by atoms with Crippen LogP contribution in [0.1, 0.15) is 13.3 Å². The van der Waals surface area contributed by atoms with Gasteiger partial charge in [-0.3, -0.25) is 4.79 Å². The lowest BCUT2D eigenvalue weighted by atomic mass is 10.3. The highest BCUT2D eigenvalue weighted by atomic mass is 32.2. The second-order valence-corrected chi connectivity index (χ2v) is 5.03. The molecule has 1 aliphatic heterocycles. The van der Waals surface area contributed by atoms with Gasteiger partial charge in [0.15, 0.2) is 9.84 Å². The first-order valence-corrected chi connectivity index (χ1v) is 5.29. The quantitative estimate of drug-likeness (QED) is 0.576. The smallest absolute Gasteiger partial charge is 0.217 e. The summed E-state index contributed by atoms with van der Waals surface area (Å²) < 4.78 is 21.7. The summed E-state index contributed by atoms with van der Waals surface area (Å²) in [6.07, 6.45) is 0.557. The molecule has 0 bridgehead atoms. The first-order valence-electron chi connectivity index (χ1n) is 3.47. The lowest BCUT2D eigenvalue weighted by Crippen LogP contribution is -2.33. The van der Waals surface area contributed by atoms with Gasteiger partial charge in [-0.1, -0.05) is 0 Å². The Morgan fingerprint density at radius 1 is 1.55 bits per heavy atom. The van der Waals surface area contributed by atoms with Gasteiger partial charge in [0.25, 0.3) is 0 Å². The third kappa shape index (κ3) is 2.49. The Bertz CT molecular complexity index is 257. The molecular formula is C6H11NO3S. The molecule has 1 saturated heterocycles. The molecule has 1 aliphatic rings. The molecule has 64 valence electrons. The summed E-state index contributed by atoms with van der Waals surface area (Å²) in [4.78, 5) is 10.5. The molecule has 1 amide bonds. The molecule has 0 aliphatic carbocycles. The van der Waals surface area contributed by atoms with Crippen LogP contribution in [0.4, 0.5) is 0 Å². The van der Waals surface area contributed by atoms with E-state index in [1.54, 1.807) is 0 Å². The van der Waals surface area contributed by atoms with Crippen molar-refractivity contribution in [2.45, 2.75) is 19.4 Å². The van der Waals surface area contributed by atoms with Gasteiger partial charge in [-0.05, 0) is 6.42 Å². The van der Waals surface area contributed by atoms with Crippen LogP contribution in [0.25, 0.3) is 0 Å². The Labute approximate surface area is 65.9 Å². The fourth-order valence-corrected chi connectivity index (χ4v) is 2.87. The van der Waals surface area contributed by atoms with E-state index in [0.29, 0.717) is 6.42 Å². The Morgan fingerprint density at radius 2 is 2.18 bits per heavy atom. The number of amides is 1. The number of rotatable bonds is 1. The van der Waals surface area contributed by atoms with Gasteiger partial charge in [0.1, 0.15) is 0 Å². The molecular weight excluding hydrogens is 166 g/mol. The minimum atomic E-state index is -2.86. The van der Waals surface area contributed by atoms with Crippen LogP contribution in [0.3, 0.4) is 0 Å². The summed E-state index contributed by atoms with van der Waals surface area (Å²) in [5.74, 6) is 0.150. The Balaban J connectivity index is 2.49. The molecule has 0 radical (unpaired) electrons. The summed E-state index contributed by atoms with van der Waals surface area (Å²) in [5, 5.41) is 2.58. The van der Waals surface area contributed by atoms with Crippen LogP contribution >= 0.6 is 0 Å². The van der Waals surface area contributed by atoms with Crippen LogP contribution in [0.5, 0.6) is 0 Å². The van der Waals surface area contributed by atoms with E-state index < -0.39 is 9.84 Å². The molecule has 1 heterocycles. The highest BCUT2D eigenvalue weighted by molar-refractivity contribution is 7.91. The average Bonchev–Trinajstić information content (AvgIpc) is 2.08. The van der Waals surface area contributed by atoms with Gasteiger partial charge in [-0.15, -0.1) is 0 Å². The molecule has 1 N–H and O–H groups in total. The summed E-state index contributed by atoms with van der Waals surface area (Å²) in [6, 6.07) is -0.155. The zero-order chi connectivity index (χ0) is 8.48. The Hall–Kier alpha value is -0.580. The topological polar surface area (TPSA) is 63.2 Å². The van der Waals surface area contributed by atoms with Crippen molar-refractivity contribution in [1.29, 1.82) is 0 Å². The summed E-state index contributed by atoms with van der Waals surface area (Å²) in [5.41, 5.74) is 0. The largest absolute Gasteiger partial charge is 0.353 e. The zero-order valence-electron chi connectivity index (χ0n) is 6.33. The van der Waals surface area contributed by atoms with Crippen molar-refractivity contribution in [3.63, 3.8) is 0 Å². The van der Waals surface area contributed by atoms with Crippen molar-refractivity contribution in [3.8, 4) is 0 Å². The molecule has 0 aromatic carbocycles. The molecule has 1 atom stereocenters. The maximum absolute atomic E-state index is 10.9. The minimum absolute atomic E-state index is 0.104. The van der Waals surface area contributed by atoms with Gasteiger partial charge in [0, 0.05) is 13.0 Å². The number of hydrogen-bond donors (Lipinski definition) is 1. The van der Waals surface area contributed by atoms with Crippen molar-refractivity contribution < 1.29 is 13.2 Å². The fraction of sp³-hybridized carbons (Fsp3) is 0.833. The van der Waals surface area contributed by atoms with Crippen molar-refractivity contribution in [2.75, 3.05) is 11.5 Å². The number of carbonyl (C=O) groups is 1. The van der Waals surface area contributed by atoms with E-state index in [1.807, 2.05) is 0 Å². The Morgan fingerprint density at radius 3 is 2.55 bits per heavy atom. The highest BCUT2D eigenvalue weighted by Gasteiger charge is 2.27. The molecule has 5 heteroatoms. The van der Waals surface area contributed by atoms with E-state index in [9.17, 15) is 13.2 Å². The number of hydrogen-bond acceptors (Lipinski definition) is 3. The van der Waals surface area contributed by atoms with E-state index in [-0.39, 0.29) is 23.5 Å². The number of nitrogens with one attached hydrogen (secondary N) is 1. The molecule has 1 fully saturated rings. The molecule has 4 nitrogen and oxygen atoms in total.